The number of carboxylic acid groups (broad SMARTS) is 1. The average molecular weight is 299 g/mol. The van der Waals surface area contributed by atoms with Crippen molar-refractivity contribution in [3.05, 3.63) is 40.9 Å². The average Bonchev–Trinajstić information content (AvgIpc) is 2.29. The van der Waals surface area contributed by atoms with E-state index in [9.17, 15) is 9.90 Å². The van der Waals surface area contributed by atoms with Gasteiger partial charge in [0.05, 0.1) is 12.5 Å². The second-order valence-electron chi connectivity index (χ2n) is 4.06. The number of rotatable bonds is 5. The van der Waals surface area contributed by atoms with E-state index >= 15 is 0 Å². The standard InChI is InChI=1S/C13H15BrO3/c1-4-13(2,12(15)16)8-9-7-10(14)5-6-11(9)17-3/h4-7H,1,8H2,2-3H3,(H,15,16). The smallest absolute Gasteiger partial charge is 0.313 e. The van der Waals surface area contributed by atoms with Crippen LogP contribution in [0.5, 0.6) is 5.75 Å². The maximum atomic E-state index is 11.2. The summed E-state index contributed by atoms with van der Waals surface area (Å²) < 4.78 is 6.12. The summed E-state index contributed by atoms with van der Waals surface area (Å²) >= 11 is 3.36. The number of halogens is 1. The fourth-order valence-electron chi connectivity index (χ4n) is 1.52. The summed E-state index contributed by atoms with van der Waals surface area (Å²) in [6.45, 7) is 5.24. The van der Waals surface area contributed by atoms with E-state index in [1.165, 1.54) is 6.08 Å². The summed E-state index contributed by atoms with van der Waals surface area (Å²) in [5.74, 6) is -0.211. The van der Waals surface area contributed by atoms with Crippen LogP contribution in [0.25, 0.3) is 0 Å². The van der Waals surface area contributed by atoms with E-state index in [0.29, 0.717) is 12.2 Å². The Bertz CT molecular complexity index is 442. The fraction of sp³-hybridized carbons (Fsp3) is 0.308. The minimum Gasteiger partial charge on any atom is -0.496 e. The number of methoxy groups -OCH3 is 1. The van der Waals surface area contributed by atoms with Crippen molar-refractivity contribution in [2.24, 2.45) is 5.41 Å². The van der Waals surface area contributed by atoms with Crippen molar-refractivity contribution >= 4 is 21.9 Å². The summed E-state index contributed by atoms with van der Waals surface area (Å²) in [5.41, 5.74) is -0.152. The zero-order valence-electron chi connectivity index (χ0n) is 9.87. The molecular weight excluding hydrogens is 284 g/mol. The molecule has 1 atom stereocenters. The molecule has 0 radical (unpaired) electrons. The molecule has 1 N–H and O–H groups in total. The van der Waals surface area contributed by atoms with Crippen molar-refractivity contribution in [2.75, 3.05) is 7.11 Å². The van der Waals surface area contributed by atoms with Gasteiger partial charge >= 0.3 is 5.97 Å². The monoisotopic (exact) mass is 298 g/mol. The van der Waals surface area contributed by atoms with E-state index in [2.05, 4.69) is 22.5 Å². The van der Waals surface area contributed by atoms with E-state index in [0.717, 1.165) is 10.0 Å². The first kappa shape index (κ1) is 13.8. The topological polar surface area (TPSA) is 46.5 Å². The van der Waals surface area contributed by atoms with Crippen molar-refractivity contribution in [3.8, 4) is 5.75 Å². The first-order chi connectivity index (χ1) is 7.92. The minimum absolute atomic E-state index is 0.342. The minimum atomic E-state index is -0.992. The van der Waals surface area contributed by atoms with Gasteiger partial charge in [0.1, 0.15) is 5.75 Å². The lowest BCUT2D eigenvalue weighted by Crippen LogP contribution is -2.27. The molecule has 0 aliphatic rings. The van der Waals surface area contributed by atoms with Crippen LogP contribution >= 0.6 is 15.9 Å². The van der Waals surface area contributed by atoms with Crippen molar-refractivity contribution in [3.63, 3.8) is 0 Å². The van der Waals surface area contributed by atoms with Gasteiger partial charge in [0, 0.05) is 4.47 Å². The molecule has 0 aromatic heterocycles. The van der Waals surface area contributed by atoms with Crippen LogP contribution in [-0.4, -0.2) is 18.2 Å². The van der Waals surface area contributed by atoms with Crippen LogP contribution in [0, 0.1) is 5.41 Å². The molecule has 0 saturated carbocycles. The van der Waals surface area contributed by atoms with Gasteiger partial charge in [-0.05, 0) is 37.1 Å². The predicted molar refractivity (Wildman–Crippen MR) is 70.3 cm³/mol. The predicted octanol–water partition coefficient (Wildman–Crippen LogP) is 3.28. The van der Waals surface area contributed by atoms with Crippen molar-refractivity contribution < 1.29 is 14.6 Å². The highest BCUT2D eigenvalue weighted by molar-refractivity contribution is 9.10. The Balaban J connectivity index is 3.13. The SMILES string of the molecule is C=CC(C)(Cc1cc(Br)ccc1OC)C(=O)O. The summed E-state index contributed by atoms with van der Waals surface area (Å²) in [6, 6.07) is 5.53. The zero-order chi connectivity index (χ0) is 13.1. The highest BCUT2D eigenvalue weighted by Crippen LogP contribution is 2.31. The number of hydrogen-bond acceptors (Lipinski definition) is 2. The second kappa shape index (κ2) is 5.36. The van der Waals surface area contributed by atoms with E-state index in [1.54, 1.807) is 14.0 Å². The van der Waals surface area contributed by atoms with Gasteiger partial charge in [-0.25, -0.2) is 0 Å². The highest BCUT2D eigenvalue weighted by atomic mass is 79.9. The lowest BCUT2D eigenvalue weighted by atomic mass is 9.83. The molecule has 1 aromatic rings. The lowest BCUT2D eigenvalue weighted by Gasteiger charge is -2.21. The van der Waals surface area contributed by atoms with Crippen LogP contribution < -0.4 is 4.74 Å². The lowest BCUT2D eigenvalue weighted by molar-refractivity contribution is -0.145. The first-order valence-electron chi connectivity index (χ1n) is 5.12. The van der Waals surface area contributed by atoms with E-state index in [1.807, 2.05) is 18.2 Å². The molecule has 1 unspecified atom stereocenters. The van der Waals surface area contributed by atoms with Crippen LogP contribution in [-0.2, 0) is 11.2 Å². The molecule has 0 aliphatic heterocycles. The van der Waals surface area contributed by atoms with Crippen molar-refractivity contribution in [1.29, 1.82) is 0 Å². The Kier molecular flexibility index (Phi) is 4.34. The van der Waals surface area contributed by atoms with Gasteiger partial charge < -0.3 is 9.84 Å². The van der Waals surface area contributed by atoms with E-state index < -0.39 is 11.4 Å². The van der Waals surface area contributed by atoms with Gasteiger partial charge in [-0.3, -0.25) is 4.79 Å². The Morgan fingerprint density at radius 2 is 2.29 bits per heavy atom. The molecular formula is C13H15BrO3. The van der Waals surface area contributed by atoms with Gasteiger partial charge in [0.2, 0.25) is 0 Å². The number of ether oxygens (including phenoxy) is 1. The molecule has 3 nitrogen and oxygen atoms in total. The Labute approximate surface area is 109 Å². The molecule has 0 heterocycles. The third-order valence-corrected chi connectivity index (χ3v) is 3.23. The number of hydrogen-bond donors (Lipinski definition) is 1. The molecule has 0 aliphatic carbocycles. The molecule has 0 bridgehead atoms. The first-order valence-corrected chi connectivity index (χ1v) is 5.91. The van der Waals surface area contributed by atoms with Gasteiger partial charge in [-0.15, -0.1) is 6.58 Å². The summed E-state index contributed by atoms with van der Waals surface area (Å²) in [7, 11) is 1.57. The van der Waals surface area contributed by atoms with Gasteiger partial charge in [0.25, 0.3) is 0 Å². The molecule has 92 valence electrons. The molecule has 0 spiro atoms. The molecule has 0 saturated heterocycles. The summed E-state index contributed by atoms with van der Waals surface area (Å²) in [4.78, 5) is 11.2. The molecule has 4 heteroatoms. The third-order valence-electron chi connectivity index (χ3n) is 2.74. The van der Waals surface area contributed by atoms with Gasteiger partial charge in [-0.2, -0.15) is 0 Å². The number of carboxylic acids is 1. The van der Waals surface area contributed by atoms with Crippen LogP contribution in [0.15, 0.2) is 35.3 Å². The number of benzene rings is 1. The third kappa shape index (κ3) is 3.09. The Hall–Kier alpha value is -1.29. The Morgan fingerprint density at radius 1 is 1.65 bits per heavy atom. The van der Waals surface area contributed by atoms with Gasteiger partial charge in [-0.1, -0.05) is 22.0 Å². The number of carbonyl (C=O) groups is 1. The quantitative estimate of drug-likeness (QED) is 0.849. The highest BCUT2D eigenvalue weighted by Gasteiger charge is 2.30. The summed E-state index contributed by atoms with van der Waals surface area (Å²) in [6.07, 6.45) is 1.80. The molecule has 1 rings (SSSR count). The van der Waals surface area contributed by atoms with Crippen LogP contribution in [0.4, 0.5) is 0 Å². The van der Waals surface area contributed by atoms with Crippen LogP contribution in [0.3, 0.4) is 0 Å². The van der Waals surface area contributed by atoms with Crippen molar-refractivity contribution in [1.82, 2.24) is 0 Å². The zero-order valence-corrected chi connectivity index (χ0v) is 11.5. The molecule has 17 heavy (non-hydrogen) atoms. The van der Waals surface area contributed by atoms with E-state index in [4.69, 9.17) is 4.74 Å². The number of aliphatic carboxylic acids is 1. The molecule has 1 aromatic carbocycles. The van der Waals surface area contributed by atoms with Gasteiger partial charge in [0.15, 0.2) is 0 Å². The fourth-order valence-corrected chi connectivity index (χ4v) is 1.92. The van der Waals surface area contributed by atoms with Crippen molar-refractivity contribution in [2.45, 2.75) is 13.3 Å². The van der Waals surface area contributed by atoms with Crippen LogP contribution in [0.1, 0.15) is 12.5 Å². The van der Waals surface area contributed by atoms with E-state index in [-0.39, 0.29) is 0 Å². The maximum Gasteiger partial charge on any atom is 0.313 e. The Morgan fingerprint density at radius 3 is 2.76 bits per heavy atom. The molecule has 0 amide bonds. The maximum absolute atomic E-state index is 11.2. The van der Waals surface area contributed by atoms with Crippen LogP contribution in [0.2, 0.25) is 0 Å². The normalized spacial score (nSPS) is 13.8. The largest absolute Gasteiger partial charge is 0.496 e. The molecule has 0 fully saturated rings. The second-order valence-corrected chi connectivity index (χ2v) is 4.98. The summed E-state index contributed by atoms with van der Waals surface area (Å²) in [5, 5.41) is 9.20.